The maximum absolute atomic E-state index is 3.06. The van der Waals surface area contributed by atoms with Gasteiger partial charge in [-0.15, -0.1) is 6.07 Å². The Morgan fingerprint density at radius 2 is 1.91 bits per heavy atom. The first-order valence-electron chi connectivity index (χ1n) is 2.90. The Kier molecular flexibility index (Phi) is 4.57. The van der Waals surface area contributed by atoms with Gasteiger partial charge < -0.3 is 17.4 Å². The molecule has 0 unspecified atom stereocenters. The summed E-state index contributed by atoms with van der Waals surface area (Å²) in [5.74, 6) is 0. The van der Waals surface area contributed by atoms with Crippen molar-refractivity contribution in [2.24, 2.45) is 0 Å². The Morgan fingerprint density at radius 1 is 1.18 bits per heavy atom. The second-order valence-corrected chi connectivity index (χ2v) is 1.98. The molecule has 1 heterocycles. The minimum atomic E-state index is 0. The molecule has 0 fully saturated rings. The molecule has 52 valence electrons. The first-order valence-corrected chi connectivity index (χ1v) is 2.90. The molecule has 0 saturated carbocycles. The molecule has 11 heavy (non-hydrogen) atoms. The molecule has 0 bridgehead atoms. The minimum Gasteiger partial charge on any atom is -1.00 e. The summed E-state index contributed by atoms with van der Waals surface area (Å²) >= 11 is 0. The maximum atomic E-state index is 3.06. The monoisotopic (exact) mass is 175 g/mol. The number of aromatic amines is 1. The fourth-order valence-corrected chi connectivity index (χ4v) is 0.926. The molecule has 2 rings (SSSR count). The van der Waals surface area contributed by atoms with E-state index in [2.05, 4.69) is 11.1 Å². The van der Waals surface area contributed by atoms with E-state index in [1.807, 2.05) is 30.5 Å². The number of hydrogen-bond acceptors (Lipinski definition) is 0. The minimum absolute atomic E-state index is 0. The van der Waals surface area contributed by atoms with Crippen LogP contribution in [-0.2, 0) is 0 Å². The molecule has 3 heteroatoms. The van der Waals surface area contributed by atoms with E-state index in [9.17, 15) is 0 Å². The van der Waals surface area contributed by atoms with Gasteiger partial charge in [-0.1, -0.05) is 23.8 Å². The summed E-state index contributed by atoms with van der Waals surface area (Å²) in [6.07, 6.45) is 1.82. The van der Waals surface area contributed by atoms with E-state index in [1.54, 1.807) is 0 Å². The quantitative estimate of drug-likeness (QED) is 0.375. The topological polar surface area (TPSA) is 15.8 Å². The summed E-state index contributed by atoms with van der Waals surface area (Å²) in [6.45, 7) is 0. The molecule has 2 aromatic rings. The van der Waals surface area contributed by atoms with Crippen LogP contribution in [0.15, 0.2) is 30.5 Å². The van der Waals surface area contributed by atoms with Crippen molar-refractivity contribution in [3.8, 4) is 0 Å². The third-order valence-corrected chi connectivity index (χ3v) is 1.38. The van der Waals surface area contributed by atoms with E-state index in [-0.39, 0.29) is 35.5 Å². The van der Waals surface area contributed by atoms with Gasteiger partial charge in [-0.25, -0.2) is 0 Å². The van der Waals surface area contributed by atoms with Crippen LogP contribution in [0.5, 0.6) is 0 Å². The van der Waals surface area contributed by atoms with E-state index >= 15 is 0 Å². The van der Waals surface area contributed by atoms with Gasteiger partial charge in [0.05, 0.1) is 0 Å². The van der Waals surface area contributed by atoms with Gasteiger partial charge in [-0.2, -0.15) is 17.5 Å². The number of rotatable bonds is 0. The molecule has 0 aliphatic rings. The Hall–Kier alpha value is -0.184. The second-order valence-electron chi connectivity index (χ2n) is 1.98. The zero-order valence-electron chi connectivity index (χ0n) is 5.97. The molecule has 0 atom stereocenters. The van der Waals surface area contributed by atoms with Crippen LogP contribution in [-0.4, -0.2) is 28.0 Å². The Morgan fingerprint density at radius 3 is 2.64 bits per heavy atom. The number of hydrogen-bond donors (Lipinski definition) is 1. The van der Waals surface area contributed by atoms with Crippen molar-refractivity contribution in [1.82, 2.24) is 4.98 Å². The molecule has 0 amide bonds. The molecule has 0 saturated heterocycles. The third-order valence-electron chi connectivity index (χ3n) is 1.38. The molecule has 0 aliphatic carbocycles. The Bertz CT molecular complexity index is 288. The van der Waals surface area contributed by atoms with E-state index < -0.39 is 0 Å². The number of halogens is 1. The zero-order valence-corrected chi connectivity index (χ0v) is 8.14. The van der Waals surface area contributed by atoms with Gasteiger partial charge in [0, 0.05) is 0 Å². The summed E-state index contributed by atoms with van der Waals surface area (Å²) in [4.78, 5) is 3.06. The van der Waals surface area contributed by atoms with Gasteiger partial charge in [0.1, 0.15) is 0 Å². The number of nitrogens with one attached hydrogen (secondary N) is 1. The summed E-state index contributed by atoms with van der Waals surface area (Å²) in [5, 5.41) is 1.15. The van der Waals surface area contributed by atoms with Crippen molar-refractivity contribution in [1.29, 1.82) is 0 Å². The van der Waals surface area contributed by atoms with Crippen molar-refractivity contribution in [3.05, 3.63) is 36.5 Å². The van der Waals surface area contributed by atoms with E-state index in [4.69, 9.17) is 0 Å². The predicted molar refractivity (Wildman–Crippen MR) is 42.9 cm³/mol. The summed E-state index contributed by atoms with van der Waals surface area (Å²) in [5.41, 5.74) is 1.15. The molecule has 1 N–H and O–H groups in total. The van der Waals surface area contributed by atoms with Gasteiger partial charge in [0.15, 0.2) is 0 Å². The number of benzene rings is 1. The molecular formula is C8H6ClMgN. The van der Waals surface area contributed by atoms with Crippen LogP contribution in [0.4, 0.5) is 0 Å². The van der Waals surface area contributed by atoms with Crippen molar-refractivity contribution >= 4 is 34.0 Å². The average molecular weight is 176 g/mol. The van der Waals surface area contributed by atoms with Crippen molar-refractivity contribution < 1.29 is 12.4 Å². The maximum Gasteiger partial charge on any atom is 2.00 e. The second kappa shape index (κ2) is 4.65. The fraction of sp³-hybridized carbons (Fsp3) is 0. The molecule has 1 aromatic carbocycles. The molecule has 1 aromatic heterocycles. The summed E-state index contributed by atoms with van der Waals surface area (Å²) in [7, 11) is 0. The van der Waals surface area contributed by atoms with Crippen LogP contribution in [0.2, 0.25) is 0 Å². The van der Waals surface area contributed by atoms with Crippen LogP contribution < -0.4 is 12.4 Å². The van der Waals surface area contributed by atoms with Crippen molar-refractivity contribution in [3.63, 3.8) is 0 Å². The van der Waals surface area contributed by atoms with E-state index in [0.29, 0.717) is 0 Å². The van der Waals surface area contributed by atoms with Gasteiger partial charge in [0.2, 0.25) is 0 Å². The number of para-hydroxylation sites is 1. The molecule has 0 spiro atoms. The van der Waals surface area contributed by atoms with Gasteiger partial charge in [-0.3, -0.25) is 0 Å². The first kappa shape index (κ1) is 10.8. The molecule has 0 aliphatic heterocycles. The third kappa shape index (κ3) is 2.12. The predicted octanol–water partition coefficient (Wildman–Crippen LogP) is -1.41. The van der Waals surface area contributed by atoms with E-state index in [1.165, 1.54) is 0 Å². The average Bonchev–Trinajstić information content (AvgIpc) is 2.33. The Labute approximate surface area is 87.7 Å². The van der Waals surface area contributed by atoms with Crippen molar-refractivity contribution in [2.75, 3.05) is 0 Å². The van der Waals surface area contributed by atoms with Crippen LogP contribution >= 0.6 is 0 Å². The van der Waals surface area contributed by atoms with Crippen molar-refractivity contribution in [2.45, 2.75) is 0 Å². The molecule has 0 radical (unpaired) electrons. The zero-order chi connectivity index (χ0) is 6.10. The summed E-state index contributed by atoms with van der Waals surface area (Å²) in [6, 6.07) is 11.1. The van der Waals surface area contributed by atoms with Crippen LogP contribution in [0.1, 0.15) is 0 Å². The number of H-pyrrole nitrogens is 1. The fourth-order valence-electron chi connectivity index (χ4n) is 0.926. The largest absolute Gasteiger partial charge is 2.00 e. The van der Waals surface area contributed by atoms with Crippen LogP contribution in [0.3, 0.4) is 0 Å². The molecular weight excluding hydrogens is 170 g/mol. The normalized spacial score (nSPS) is 8.36. The smallest absolute Gasteiger partial charge is 1.00 e. The van der Waals surface area contributed by atoms with Gasteiger partial charge in [0.25, 0.3) is 0 Å². The number of aromatic nitrogens is 1. The SMILES string of the molecule is [Cl-].[Mg+2].[c-]1c[nH]c2ccccc12. The van der Waals surface area contributed by atoms with Gasteiger partial charge in [-0.05, 0) is 0 Å². The number of fused-ring (bicyclic) bond motifs is 1. The van der Waals surface area contributed by atoms with E-state index in [0.717, 1.165) is 10.9 Å². The first-order chi connectivity index (χ1) is 4.47. The van der Waals surface area contributed by atoms with Gasteiger partial charge >= 0.3 is 23.1 Å². The summed E-state index contributed by atoms with van der Waals surface area (Å²) < 4.78 is 0. The van der Waals surface area contributed by atoms with Crippen LogP contribution in [0, 0.1) is 6.07 Å². The van der Waals surface area contributed by atoms with Crippen LogP contribution in [0.25, 0.3) is 10.9 Å². The Balaban J connectivity index is 0.000000500. The standard InChI is InChI=1S/C8H6N.ClH.Mg/c1-2-4-8-7(3-1)5-6-9-8;;/h1-4,6,9H;1H;/q-1;;+2/p-1. The molecule has 1 nitrogen and oxygen atoms in total.